The van der Waals surface area contributed by atoms with E-state index in [-0.39, 0.29) is 17.9 Å². The van der Waals surface area contributed by atoms with Crippen LogP contribution in [0.15, 0.2) is 12.3 Å². The number of methoxy groups -OCH3 is 1. The molecule has 7 nitrogen and oxygen atoms in total. The highest BCUT2D eigenvalue weighted by Gasteiger charge is 2.30. The lowest BCUT2D eigenvalue weighted by molar-refractivity contribution is 0.0601. The first-order valence-electron chi connectivity index (χ1n) is 5.86. The topological polar surface area (TPSA) is 111 Å². The van der Waals surface area contributed by atoms with Gasteiger partial charge < -0.3 is 15.8 Å². The van der Waals surface area contributed by atoms with Gasteiger partial charge >= 0.3 is 5.97 Å². The summed E-state index contributed by atoms with van der Waals surface area (Å²) in [6.07, 6.45) is 2.54. The third kappa shape index (κ3) is 3.60. The molecule has 1 heterocycles. The van der Waals surface area contributed by atoms with Gasteiger partial charge in [0.05, 0.1) is 23.7 Å². The number of sulfone groups is 1. The fourth-order valence-corrected chi connectivity index (χ4v) is 1.65. The van der Waals surface area contributed by atoms with E-state index < -0.39 is 20.6 Å². The number of carbonyl (C=O) groups is 1. The fourth-order valence-electron chi connectivity index (χ4n) is 1.32. The van der Waals surface area contributed by atoms with Crippen molar-refractivity contribution in [2.75, 3.05) is 31.0 Å². The minimum absolute atomic E-state index is 0.104. The molecule has 0 aliphatic carbocycles. The molecule has 0 radical (unpaired) electrons. The van der Waals surface area contributed by atoms with E-state index in [2.05, 4.69) is 15.0 Å². The zero-order chi connectivity index (χ0) is 15.6. The Morgan fingerprint density at radius 3 is 2.60 bits per heavy atom. The Hall–Kier alpha value is -1.83. The van der Waals surface area contributed by atoms with Crippen LogP contribution in [-0.4, -0.2) is 44.0 Å². The molecule has 112 valence electrons. The zero-order valence-corrected chi connectivity index (χ0v) is 12.7. The quantitative estimate of drug-likeness (QED) is 0.769. The van der Waals surface area contributed by atoms with E-state index >= 15 is 0 Å². The Labute approximate surface area is 118 Å². The summed E-state index contributed by atoms with van der Waals surface area (Å²) in [7, 11) is -2.00. The van der Waals surface area contributed by atoms with Crippen molar-refractivity contribution in [2.45, 2.75) is 18.6 Å². The summed E-state index contributed by atoms with van der Waals surface area (Å²) in [4.78, 5) is 15.6. The van der Waals surface area contributed by atoms with Gasteiger partial charge in [-0.2, -0.15) is 0 Å². The average Bonchev–Trinajstić information content (AvgIpc) is 2.35. The molecule has 0 aliphatic rings. The SMILES string of the molecule is COC(=O)c1cc(N)cnc1NCC(C)(C)S(C)(=O)=O. The number of carbonyl (C=O) groups excluding carboxylic acids is 1. The Kier molecular flexibility index (Phi) is 4.59. The molecule has 8 heteroatoms. The first-order valence-corrected chi connectivity index (χ1v) is 7.75. The van der Waals surface area contributed by atoms with Gasteiger partial charge in [-0.3, -0.25) is 0 Å². The molecule has 0 aliphatic heterocycles. The van der Waals surface area contributed by atoms with Crippen LogP contribution in [0.5, 0.6) is 0 Å². The van der Waals surface area contributed by atoms with Crippen molar-refractivity contribution in [3.63, 3.8) is 0 Å². The first-order chi connectivity index (χ1) is 9.08. The average molecular weight is 301 g/mol. The Morgan fingerprint density at radius 1 is 1.50 bits per heavy atom. The second-order valence-electron chi connectivity index (χ2n) is 5.04. The minimum atomic E-state index is -3.25. The number of pyridine rings is 1. The van der Waals surface area contributed by atoms with E-state index in [1.165, 1.54) is 19.4 Å². The molecule has 1 aromatic heterocycles. The van der Waals surface area contributed by atoms with E-state index in [4.69, 9.17) is 5.73 Å². The van der Waals surface area contributed by atoms with Gasteiger partial charge in [0.2, 0.25) is 0 Å². The Bertz CT molecular complexity index is 611. The maximum Gasteiger partial charge on any atom is 0.341 e. The van der Waals surface area contributed by atoms with Gasteiger partial charge in [0, 0.05) is 12.8 Å². The van der Waals surface area contributed by atoms with Crippen LogP contribution in [0, 0.1) is 0 Å². The van der Waals surface area contributed by atoms with Crippen molar-refractivity contribution in [3.8, 4) is 0 Å². The first kappa shape index (κ1) is 16.2. The van der Waals surface area contributed by atoms with E-state index in [0.29, 0.717) is 5.69 Å². The van der Waals surface area contributed by atoms with E-state index in [1.807, 2.05) is 0 Å². The van der Waals surface area contributed by atoms with E-state index in [9.17, 15) is 13.2 Å². The van der Waals surface area contributed by atoms with Gasteiger partial charge in [-0.25, -0.2) is 18.2 Å². The van der Waals surface area contributed by atoms with E-state index in [0.717, 1.165) is 6.26 Å². The highest BCUT2D eigenvalue weighted by atomic mass is 32.2. The molecule has 1 rings (SSSR count). The zero-order valence-electron chi connectivity index (χ0n) is 11.9. The summed E-state index contributed by atoms with van der Waals surface area (Å²) in [5.41, 5.74) is 6.06. The van der Waals surface area contributed by atoms with E-state index in [1.54, 1.807) is 13.8 Å². The maximum absolute atomic E-state index is 11.6. The number of aromatic nitrogens is 1. The van der Waals surface area contributed by atoms with Crippen molar-refractivity contribution in [2.24, 2.45) is 0 Å². The molecular formula is C12H19N3O4S. The molecule has 1 aromatic rings. The molecule has 0 aromatic carbocycles. The number of rotatable bonds is 5. The number of nitrogens with two attached hydrogens (primary N) is 1. The summed E-state index contributed by atoms with van der Waals surface area (Å²) >= 11 is 0. The minimum Gasteiger partial charge on any atom is -0.465 e. The Morgan fingerprint density at radius 2 is 2.10 bits per heavy atom. The molecule has 0 amide bonds. The maximum atomic E-state index is 11.6. The molecular weight excluding hydrogens is 282 g/mol. The van der Waals surface area contributed by atoms with Crippen molar-refractivity contribution in [3.05, 3.63) is 17.8 Å². The fraction of sp³-hybridized carbons (Fsp3) is 0.500. The molecule has 0 spiro atoms. The second kappa shape index (κ2) is 5.66. The molecule has 0 atom stereocenters. The normalized spacial score (nSPS) is 12.0. The van der Waals surface area contributed by atoms with Crippen molar-refractivity contribution in [1.82, 2.24) is 4.98 Å². The van der Waals surface area contributed by atoms with Gasteiger partial charge in [0.15, 0.2) is 9.84 Å². The van der Waals surface area contributed by atoms with Crippen molar-refractivity contribution in [1.29, 1.82) is 0 Å². The Balaban J connectivity index is 3.02. The summed E-state index contributed by atoms with van der Waals surface area (Å²) in [5.74, 6) is -0.354. The predicted molar refractivity (Wildman–Crippen MR) is 77.4 cm³/mol. The van der Waals surface area contributed by atoms with Gasteiger partial charge in [-0.1, -0.05) is 0 Å². The molecule has 0 saturated carbocycles. The second-order valence-corrected chi connectivity index (χ2v) is 7.69. The van der Waals surface area contributed by atoms with Gasteiger partial charge in [-0.05, 0) is 19.9 Å². The standard InChI is InChI=1S/C12H19N3O4S/c1-12(2,20(4,17)18)7-15-10-9(11(16)19-3)5-8(13)6-14-10/h5-6H,7,13H2,1-4H3,(H,14,15). The summed E-state index contributed by atoms with van der Waals surface area (Å²) in [6.45, 7) is 3.28. The number of nitrogens with one attached hydrogen (secondary N) is 1. The van der Waals surface area contributed by atoms with Crippen LogP contribution in [0.2, 0.25) is 0 Å². The molecule has 0 fully saturated rings. The molecule has 3 N–H and O–H groups in total. The highest BCUT2D eigenvalue weighted by Crippen LogP contribution is 2.20. The van der Waals surface area contributed by atoms with Crippen LogP contribution >= 0.6 is 0 Å². The molecule has 0 bridgehead atoms. The third-order valence-electron chi connectivity index (χ3n) is 3.00. The molecule has 20 heavy (non-hydrogen) atoms. The van der Waals surface area contributed by atoms with Crippen molar-refractivity contribution >= 4 is 27.3 Å². The van der Waals surface area contributed by atoms with Gasteiger partial charge in [0.1, 0.15) is 11.4 Å². The number of nitrogens with zero attached hydrogens (tertiary/aromatic N) is 1. The van der Waals surface area contributed by atoms with Crippen LogP contribution in [0.25, 0.3) is 0 Å². The number of hydrogen-bond acceptors (Lipinski definition) is 7. The lowest BCUT2D eigenvalue weighted by atomic mass is 10.2. The molecule has 0 saturated heterocycles. The van der Waals surface area contributed by atoms with Gasteiger partial charge in [0.25, 0.3) is 0 Å². The number of ether oxygens (including phenoxy) is 1. The number of anilines is 2. The predicted octanol–water partition coefficient (Wildman–Crippen LogP) is 0.685. The number of esters is 1. The highest BCUT2D eigenvalue weighted by molar-refractivity contribution is 7.92. The van der Waals surface area contributed by atoms with Crippen LogP contribution in [-0.2, 0) is 14.6 Å². The smallest absolute Gasteiger partial charge is 0.341 e. The number of nitrogen functional groups attached to an aromatic ring is 1. The number of hydrogen-bond donors (Lipinski definition) is 2. The van der Waals surface area contributed by atoms with Gasteiger partial charge in [-0.15, -0.1) is 0 Å². The monoisotopic (exact) mass is 301 g/mol. The lowest BCUT2D eigenvalue weighted by Crippen LogP contribution is -2.38. The summed E-state index contributed by atoms with van der Waals surface area (Å²) in [5, 5.41) is 2.86. The lowest BCUT2D eigenvalue weighted by Gasteiger charge is -2.23. The van der Waals surface area contributed by atoms with Crippen molar-refractivity contribution < 1.29 is 17.9 Å². The largest absolute Gasteiger partial charge is 0.465 e. The van der Waals surface area contributed by atoms with Crippen LogP contribution in [0.3, 0.4) is 0 Å². The summed E-state index contributed by atoms with van der Waals surface area (Å²) in [6, 6.07) is 1.43. The third-order valence-corrected chi connectivity index (χ3v) is 5.15. The van der Waals surface area contributed by atoms with Crippen LogP contribution in [0.4, 0.5) is 11.5 Å². The summed E-state index contributed by atoms with van der Waals surface area (Å²) < 4.78 is 26.9. The van der Waals surface area contributed by atoms with Crippen LogP contribution < -0.4 is 11.1 Å². The van der Waals surface area contributed by atoms with Crippen LogP contribution in [0.1, 0.15) is 24.2 Å². The molecule has 0 unspecified atom stereocenters.